The Labute approximate surface area is 117 Å². The number of amides is 1. The SMILES string of the molecule is Cc1cccnc1CNC(=O)C1CC=CCC1C(=O)O. The molecule has 0 aliphatic heterocycles. The summed E-state index contributed by atoms with van der Waals surface area (Å²) in [7, 11) is 0. The van der Waals surface area contributed by atoms with Crippen molar-refractivity contribution in [1.82, 2.24) is 10.3 Å². The maximum atomic E-state index is 12.2. The van der Waals surface area contributed by atoms with Gasteiger partial charge in [-0.15, -0.1) is 0 Å². The number of aromatic nitrogens is 1. The molecule has 0 fully saturated rings. The number of aryl methyl sites for hydroxylation is 1. The molecule has 1 amide bonds. The minimum atomic E-state index is -0.913. The van der Waals surface area contributed by atoms with Crippen LogP contribution in [0.15, 0.2) is 30.5 Å². The number of carbonyl (C=O) groups excluding carboxylic acids is 1. The summed E-state index contributed by atoms with van der Waals surface area (Å²) in [4.78, 5) is 27.5. The number of hydrogen-bond donors (Lipinski definition) is 2. The van der Waals surface area contributed by atoms with Crippen molar-refractivity contribution in [2.75, 3.05) is 0 Å². The maximum absolute atomic E-state index is 12.2. The molecule has 106 valence electrons. The summed E-state index contributed by atoms with van der Waals surface area (Å²) in [6.45, 7) is 2.26. The molecule has 0 aromatic carbocycles. The smallest absolute Gasteiger partial charge is 0.307 e. The van der Waals surface area contributed by atoms with Gasteiger partial charge in [-0.3, -0.25) is 14.6 Å². The highest BCUT2D eigenvalue weighted by atomic mass is 16.4. The zero-order chi connectivity index (χ0) is 14.5. The van der Waals surface area contributed by atoms with Crippen molar-refractivity contribution >= 4 is 11.9 Å². The lowest BCUT2D eigenvalue weighted by atomic mass is 9.82. The largest absolute Gasteiger partial charge is 0.481 e. The molecular weight excluding hydrogens is 256 g/mol. The van der Waals surface area contributed by atoms with Gasteiger partial charge in [0, 0.05) is 6.20 Å². The molecule has 0 spiro atoms. The molecule has 0 saturated carbocycles. The first-order valence-electron chi connectivity index (χ1n) is 6.65. The second-order valence-corrected chi connectivity index (χ2v) is 4.98. The number of pyridine rings is 1. The monoisotopic (exact) mass is 274 g/mol. The molecule has 2 N–H and O–H groups in total. The molecule has 0 bridgehead atoms. The number of hydrogen-bond acceptors (Lipinski definition) is 3. The number of aliphatic carboxylic acids is 1. The Bertz CT molecular complexity index is 540. The van der Waals surface area contributed by atoms with Crippen molar-refractivity contribution in [3.63, 3.8) is 0 Å². The van der Waals surface area contributed by atoms with Gasteiger partial charge in [0.05, 0.1) is 24.1 Å². The van der Waals surface area contributed by atoms with Crippen molar-refractivity contribution in [3.8, 4) is 0 Å². The van der Waals surface area contributed by atoms with E-state index >= 15 is 0 Å². The summed E-state index contributed by atoms with van der Waals surface area (Å²) in [5.74, 6) is -2.26. The average molecular weight is 274 g/mol. The lowest BCUT2D eigenvalue weighted by Gasteiger charge is -2.24. The standard InChI is InChI=1S/C15H18N2O3/c1-10-5-4-8-16-13(10)9-17-14(18)11-6-2-3-7-12(11)15(19)20/h2-5,8,11-12H,6-7,9H2,1H3,(H,17,18)(H,19,20). The highest BCUT2D eigenvalue weighted by Gasteiger charge is 2.33. The van der Waals surface area contributed by atoms with E-state index in [-0.39, 0.29) is 5.91 Å². The van der Waals surface area contributed by atoms with E-state index in [0.717, 1.165) is 11.3 Å². The average Bonchev–Trinajstić information content (AvgIpc) is 2.46. The first-order chi connectivity index (χ1) is 9.59. The predicted molar refractivity (Wildman–Crippen MR) is 73.8 cm³/mol. The van der Waals surface area contributed by atoms with E-state index in [1.165, 1.54) is 0 Å². The number of nitrogens with one attached hydrogen (secondary N) is 1. The second-order valence-electron chi connectivity index (χ2n) is 4.98. The van der Waals surface area contributed by atoms with Crippen LogP contribution in [0.3, 0.4) is 0 Å². The van der Waals surface area contributed by atoms with E-state index in [2.05, 4.69) is 10.3 Å². The van der Waals surface area contributed by atoms with E-state index in [4.69, 9.17) is 5.11 Å². The third-order valence-electron chi connectivity index (χ3n) is 3.63. The predicted octanol–water partition coefficient (Wildman–Crippen LogP) is 1.67. The Balaban J connectivity index is 1.99. The molecule has 2 atom stereocenters. The van der Waals surface area contributed by atoms with Gasteiger partial charge < -0.3 is 10.4 Å². The quantitative estimate of drug-likeness (QED) is 0.819. The molecule has 5 nitrogen and oxygen atoms in total. The second kappa shape index (κ2) is 6.32. The first-order valence-corrected chi connectivity index (χ1v) is 6.65. The Morgan fingerprint density at radius 2 is 2.05 bits per heavy atom. The summed E-state index contributed by atoms with van der Waals surface area (Å²) in [6, 6.07) is 3.77. The number of carboxylic acid groups (broad SMARTS) is 1. The van der Waals surface area contributed by atoms with Gasteiger partial charge in [-0.1, -0.05) is 18.2 Å². The minimum absolute atomic E-state index is 0.216. The summed E-state index contributed by atoms with van der Waals surface area (Å²) >= 11 is 0. The molecule has 2 unspecified atom stereocenters. The summed E-state index contributed by atoms with van der Waals surface area (Å²) < 4.78 is 0. The molecule has 1 heterocycles. The van der Waals surface area contributed by atoms with Crippen LogP contribution in [0.4, 0.5) is 0 Å². The zero-order valence-electron chi connectivity index (χ0n) is 11.4. The van der Waals surface area contributed by atoms with Gasteiger partial charge in [0.15, 0.2) is 0 Å². The number of allylic oxidation sites excluding steroid dienone is 2. The van der Waals surface area contributed by atoms with Gasteiger partial charge in [-0.05, 0) is 31.4 Å². The lowest BCUT2D eigenvalue weighted by Crippen LogP contribution is -2.38. The van der Waals surface area contributed by atoms with Crippen LogP contribution >= 0.6 is 0 Å². The molecule has 2 rings (SSSR count). The van der Waals surface area contributed by atoms with Crippen LogP contribution in [0.2, 0.25) is 0 Å². The molecular formula is C15H18N2O3. The Morgan fingerprint density at radius 1 is 1.35 bits per heavy atom. The molecule has 0 saturated heterocycles. The van der Waals surface area contributed by atoms with Crippen LogP contribution in [0.5, 0.6) is 0 Å². The number of rotatable bonds is 4. The van der Waals surface area contributed by atoms with E-state index in [0.29, 0.717) is 19.4 Å². The van der Waals surface area contributed by atoms with Crippen LogP contribution in [-0.4, -0.2) is 22.0 Å². The number of carboxylic acids is 1. The molecule has 1 aliphatic carbocycles. The van der Waals surface area contributed by atoms with E-state index < -0.39 is 17.8 Å². The summed E-state index contributed by atoms with van der Waals surface area (Å²) in [5, 5.41) is 12.0. The number of carbonyl (C=O) groups is 2. The topological polar surface area (TPSA) is 79.3 Å². The molecule has 0 radical (unpaired) electrons. The third-order valence-corrected chi connectivity index (χ3v) is 3.63. The first kappa shape index (κ1) is 14.2. The highest BCUT2D eigenvalue weighted by molar-refractivity contribution is 5.85. The Hall–Kier alpha value is -2.17. The van der Waals surface area contributed by atoms with Gasteiger partial charge >= 0.3 is 5.97 Å². The fourth-order valence-corrected chi connectivity index (χ4v) is 2.38. The molecule has 20 heavy (non-hydrogen) atoms. The normalized spacial score (nSPS) is 21.4. The Morgan fingerprint density at radius 3 is 2.70 bits per heavy atom. The third kappa shape index (κ3) is 3.23. The van der Waals surface area contributed by atoms with Gasteiger partial charge in [0.1, 0.15) is 0 Å². The lowest BCUT2D eigenvalue weighted by molar-refractivity contribution is -0.147. The summed E-state index contributed by atoms with van der Waals surface area (Å²) in [6.07, 6.45) is 6.26. The molecule has 1 aromatic heterocycles. The van der Waals surface area contributed by atoms with E-state index in [1.807, 2.05) is 31.2 Å². The van der Waals surface area contributed by atoms with Crippen LogP contribution < -0.4 is 5.32 Å². The molecule has 5 heteroatoms. The molecule has 1 aliphatic rings. The molecule has 1 aromatic rings. The van der Waals surface area contributed by atoms with Crippen LogP contribution in [-0.2, 0) is 16.1 Å². The fourth-order valence-electron chi connectivity index (χ4n) is 2.38. The summed E-state index contributed by atoms with van der Waals surface area (Å²) in [5.41, 5.74) is 1.81. The van der Waals surface area contributed by atoms with Gasteiger partial charge in [-0.2, -0.15) is 0 Å². The van der Waals surface area contributed by atoms with Crippen LogP contribution in [0, 0.1) is 18.8 Å². The number of nitrogens with zero attached hydrogens (tertiary/aromatic N) is 1. The van der Waals surface area contributed by atoms with Crippen LogP contribution in [0.25, 0.3) is 0 Å². The fraction of sp³-hybridized carbons (Fsp3) is 0.400. The Kier molecular flexibility index (Phi) is 4.50. The van der Waals surface area contributed by atoms with Gasteiger partial charge in [0.2, 0.25) is 5.91 Å². The zero-order valence-corrected chi connectivity index (χ0v) is 11.4. The van der Waals surface area contributed by atoms with Crippen molar-refractivity contribution in [1.29, 1.82) is 0 Å². The highest BCUT2D eigenvalue weighted by Crippen LogP contribution is 2.26. The minimum Gasteiger partial charge on any atom is -0.481 e. The van der Waals surface area contributed by atoms with E-state index in [9.17, 15) is 9.59 Å². The van der Waals surface area contributed by atoms with Crippen molar-refractivity contribution in [2.45, 2.75) is 26.3 Å². The van der Waals surface area contributed by atoms with E-state index in [1.54, 1.807) is 6.20 Å². The maximum Gasteiger partial charge on any atom is 0.307 e. The van der Waals surface area contributed by atoms with Crippen molar-refractivity contribution in [3.05, 3.63) is 41.7 Å². The van der Waals surface area contributed by atoms with Crippen molar-refractivity contribution < 1.29 is 14.7 Å². The van der Waals surface area contributed by atoms with Crippen molar-refractivity contribution in [2.24, 2.45) is 11.8 Å². The van der Waals surface area contributed by atoms with Crippen LogP contribution in [0.1, 0.15) is 24.1 Å². The van der Waals surface area contributed by atoms with Gasteiger partial charge in [0.25, 0.3) is 0 Å². The van der Waals surface area contributed by atoms with Gasteiger partial charge in [-0.25, -0.2) is 0 Å².